The minimum Gasteiger partial charge on any atom is -0.472 e. The zero-order valence-corrected chi connectivity index (χ0v) is 13.9. The Morgan fingerprint density at radius 1 is 1.25 bits per heavy atom. The van der Waals surface area contributed by atoms with Crippen LogP contribution >= 0.6 is 0 Å². The second kappa shape index (κ2) is 6.86. The van der Waals surface area contributed by atoms with Crippen LogP contribution in [-0.4, -0.2) is 62.0 Å². The lowest BCUT2D eigenvalue weighted by molar-refractivity contribution is -0.188. The van der Waals surface area contributed by atoms with Gasteiger partial charge in [-0.25, -0.2) is 0 Å². The minimum absolute atomic E-state index is 0.0169. The molecule has 1 aromatic rings. The van der Waals surface area contributed by atoms with Gasteiger partial charge in [0.05, 0.1) is 31.0 Å². The molecular weight excluding hydrogens is 310 g/mol. The van der Waals surface area contributed by atoms with Crippen LogP contribution in [0.25, 0.3) is 0 Å². The Labute approximate surface area is 142 Å². The molecule has 0 bridgehead atoms. The van der Waals surface area contributed by atoms with E-state index in [1.54, 1.807) is 6.07 Å². The maximum atomic E-state index is 12.3. The average molecular weight is 335 g/mol. The fourth-order valence-electron chi connectivity index (χ4n) is 3.89. The summed E-state index contributed by atoms with van der Waals surface area (Å²) >= 11 is 0. The van der Waals surface area contributed by atoms with Crippen molar-refractivity contribution in [2.45, 2.75) is 37.4 Å². The summed E-state index contributed by atoms with van der Waals surface area (Å²) in [6, 6.07) is 1.70. The van der Waals surface area contributed by atoms with Crippen molar-refractivity contribution in [1.82, 2.24) is 4.90 Å². The predicted molar refractivity (Wildman–Crippen MR) is 85.8 cm³/mol. The predicted octanol–water partition coefficient (Wildman–Crippen LogP) is 2.10. The minimum atomic E-state index is -0.210. The molecule has 3 aliphatic rings. The fraction of sp³-hybridized carbons (Fsp3) is 0.722. The number of carbonyl (C=O) groups excluding carboxylic acids is 1. The highest BCUT2D eigenvalue weighted by Gasteiger charge is 2.49. The Morgan fingerprint density at radius 3 is 2.83 bits per heavy atom. The van der Waals surface area contributed by atoms with Crippen molar-refractivity contribution >= 4 is 5.91 Å². The molecule has 1 aromatic heterocycles. The molecule has 0 radical (unpaired) electrons. The van der Waals surface area contributed by atoms with E-state index in [2.05, 4.69) is 0 Å². The lowest BCUT2D eigenvalue weighted by Gasteiger charge is -2.53. The summed E-state index contributed by atoms with van der Waals surface area (Å²) in [5, 5.41) is 0. The summed E-state index contributed by atoms with van der Waals surface area (Å²) in [5.41, 5.74) is 0.394. The van der Waals surface area contributed by atoms with Crippen LogP contribution in [0, 0.1) is 5.92 Å². The molecule has 6 heteroatoms. The standard InChI is InChI=1S/C18H25NO5/c20-17(15-3-7-22-11-15)19-12-18(13-19)9-16(4-8-24-18)23-10-14-1-5-21-6-2-14/h3,7,11,14,16H,1-2,4-6,8-10,12-13H2/t16-/m0/s1. The van der Waals surface area contributed by atoms with E-state index < -0.39 is 0 Å². The molecule has 0 saturated carbocycles. The zero-order chi connectivity index (χ0) is 16.4. The molecule has 0 unspecified atom stereocenters. The smallest absolute Gasteiger partial charge is 0.257 e. The summed E-state index contributed by atoms with van der Waals surface area (Å²) in [7, 11) is 0. The normalized spacial score (nSPS) is 27.2. The van der Waals surface area contributed by atoms with Crippen molar-refractivity contribution in [2.24, 2.45) is 5.92 Å². The van der Waals surface area contributed by atoms with Gasteiger partial charge in [0.1, 0.15) is 11.9 Å². The number of hydrogen-bond acceptors (Lipinski definition) is 5. The van der Waals surface area contributed by atoms with Gasteiger partial charge in [0, 0.05) is 32.8 Å². The first-order valence-corrected chi connectivity index (χ1v) is 8.89. The van der Waals surface area contributed by atoms with Gasteiger partial charge in [0.25, 0.3) is 5.91 Å². The Hall–Kier alpha value is -1.37. The molecule has 1 amide bonds. The molecule has 0 aromatic carbocycles. The molecule has 1 atom stereocenters. The number of carbonyl (C=O) groups is 1. The first kappa shape index (κ1) is 16.1. The lowest BCUT2D eigenvalue weighted by Crippen LogP contribution is -2.67. The average Bonchev–Trinajstić information content (AvgIpc) is 3.13. The van der Waals surface area contributed by atoms with Gasteiger partial charge in [0.15, 0.2) is 0 Å². The topological polar surface area (TPSA) is 61.1 Å². The summed E-state index contributed by atoms with van der Waals surface area (Å²) in [5.74, 6) is 0.640. The van der Waals surface area contributed by atoms with Crippen LogP contribution in [0.4, 0.5) is 0 Å². The SMILES string of the molecule is O=C(c1ccoc1)N1CC2(C[C@@H](OCC3CCOCC3)CCO2)C1. The fourth-order valence-corrected chi connectivity index (χ4v) is 3.89. The Kier molecular flexibility index (Phi) is 4.61. The molecule has 6 nitrogen and oxygen atoms in total. The van der Waals surface area contributed by atoms with E-state index in [0.717, 1.165) is 45.5 Å². The van der Waals surface area contributed by atoms with E-state index >= 15 is 0 Å². The third kappa shape index (κ3) is 3.36. The highest BCUT2D eigenvalue weighted by Crippen LogP contribution is 2.36. The van der Waals surface area contributed by atoms with Crippen LogP contribution in [0.3, 0.4) is 0 Å². The highest BCUT2D eigenvalue weighted by molar-refractivity contribution is 5.94. The number of rotatable bonds is 4. The summed E-state index contributed by atoms with van der Waals surface area (Å²) in [6.07, 6.45) is 7.29. The molecule has 0 N–H and O–H groups in total. The van der Waals surface area contributed by atoms with E-state index in [9.17, 15) is 4.79 Å². The maximum absolute atomic E-state index is 12.3. The second-order valence-corrected chi connectivity index (χ2v) is 7.21. The van der Waals surface area contributed by atoms with Gasteiger partial charge in [-0.2, -0.15) is 0 Å². The molecule has 0 aliphatic carbocycles. The maximum Gasteiger partial charge on any atom is 0.257 e. The number of likely N-dealkylation sites (tertiary alicyclic amines) is 1. The van der Waals surface area contributed by atoms with Crippen molar-refractivity contribution in [3.05, 3.63) is 24.2 Å². The van der Waals surface area contributed by atoms with E-state index in [1.165, 1.54) is 12.5 Å². The van der Waals surface area contributed by atoms with Gasteiger partial charge in [-0.05, 0) is 31.2 Å². The molecule has 3 saturated heterocycles. The molecule has 4 rings (SSSR count). The van der Waals surface area contributed by atoms with Crippen LogP contribution in [0.5, 0.6) is 0 Å². The van der Waals surface area contributed by atoms with Crippen molar-refractivity contribution in [3.8, 4) is 0 Å². The Morgan fingerprint density at radius 2 is 2.08 bits per heavy atom. The third-order valence-electron chi connectivity index (χ3n) is 5.37. The number of ether oxygens (including phenoxy) is 3. The van der Waals surface area contributed by atoms with Crippen molar-refractivity contribution in [2.75, 3.05) is 39.5 Å². The largest absolute Gasteiger partial charge is 0.472 e. The quantitative estimate of drug-likeness (QED) is 0.843. The first-order chi connectivity index (χ1) is 11.7. The molecule has 132 valence electrons. The molecule has 4 heterocycles. The van der Waals surface area contributed by atoms with Gasteiger partial charge in [-0.1, -0.05) is 0 Å². The van der Waals surface area contributed by atoms with E-state index in [-0.39, 0.29) is 17.6 Å². The molecule has 24 heavy (non-hydrogen) atoms. The summed E-state index contributed by atoms with van der Waals surface area (Å²) in [6.45, 7) is 4.55. The van der Waals surface area contributed by atoms with Crippen LogP contribution in [0.15, 0.2) is 23.0 Å². The Balaban J connectivity index is 1.26. The van der Waals surface area contributed by atoms with Crippen molar-refractivity contribution in [1.29, 1.82) is 0 Å². The van der Waals surface area contributed by atoms with Gasteiger partial charge >= 0.3 is 0 Å². The van der Waals surface area contributed by atoms with Gasteiger partial charge in [-0.15, -0.1) is 0 Å². The van der Waals surface area contributed by atoms with Gasteiger partial charge in [0.2, 0.25) is 0 Å². The van der Waals surface area contributed by atoms with Crippen molar-refractivity contribution < 1.29 is 23.4 Å². The molecular formula is C18H25NO5. The molecule has 1 spiro atoms. The summed E-state index contributed by atoms with van der Waals surface area (Å²) in [4.78, 5) is 14.1. The number of amides is 1. The number of hydrogen-bond donors (Lipinski definition) is 0. The van der Waals surface area contributed by atoms with Crippen LogP contribution < -0.4 is 0 Å². The van der Waals surface area contributed by atoms with Crippen LogP contribution in [0.1, 0.15) is 36.0 Å². The third-order valence-corrected chi connectivity index (χ3v) is 5.37. The second-order valence-electron chi connectivity index (χ2n) is 7.21. The lowest BCUT2D eigenvalue weighted by atomic mass is 9.84. The van der Waals surface area contributed by atoms with Gasteiger partial charge in [-0.3, -0.25) is 4.79 Å². The van der Waals surface area contributed by atoms with E-state index in [0.29, 0.717) is 31.2 Å². The zero-order valence-electron chi connectivity index (χ0n) is 13.9. The van der Waals surface area contributed by atoms with E-state index in [1.807, 2.05) is 4.90 Å². The molecule has 3 aliphatic heterocycles. The van der Waals surface area contributed by atoms with Crippen LogP contribution in [-0.2, 0) is 14.2 Å². The Bertz CT molecular complexity index is 546. The molecule has 3 fully saturated rings. The van der Waals surface area contributed by atoms with Crippen LogP contribution in [0.2, 0.25) is 0 Å². The number of nitrogens with zero attached hydrogens (tertiary/aromatic N) is 1. The number of furan rings is 1. The van der Waals surface area contributed by atoms with E-state index in [4.69, 9.17) is 18.6 Å². The highest BCUT2D eigenvalue weighted by atomic mass is 16.5. The van der Waals surface area contributed by atoms with Gasteiger partial charge < -0.3 is 23.5 Å². The van der Waals surface area contributed by atoms with Crippen molar-refractivity contribution in [3.63, 3.8) is 0 Å². The first-order valence-electron chi connectivity index (χ1n) is 8.89. The summed E-state index contributed by atoms with van der Waals surface area (Å²) < 4.78 is 22.6. The monoisotopic (exact) mass is 335 g/mol.